The summed E-state index contributed by atoms with van der Waals surface area (Å²) >= 11 is 0. The number of likely N-dealkylation sites (tertiary alicyclic amines) is 1. The Morgan fingerprint density at radius 2 is 1.71 bits per heavy atom. The maximum absolute atomic E-state index is 12.3. The molecule has 3 heterocycles. The molecule has 3 rings (SSSR count). The van der Waals surface area contributed by atoms with Gasteiger partial charge in [-0.25, -0.2) is 9.97 Å². The van der Waals surface area contributed by atoms with Gasteiger partial charge in [0.25, 0.3) is 0 Å². The molecule has 0 saturated carbocycles. The summed E-state index contributed by atoms with van der Waals surface area (Å²) in [6, 6.07) is 1.84. The van der Waals surface area contributed by atoms with Crippen LogP contribution in [0.5, 0.6) is 0 Å². The van der Waals surface area contributed by atoms with E-state index in [0.717, 1.165) is 51.4 Å². The normalized spacial score (nSPS) is 20.6. The second kappa shape index (κ2) is 6.87. The predicted molar refractivity (Wildman–Crippen MR) is 82.0 cm³/mol. The topological polar surface area (TPSA) is 49.3 Å². The lowest BCUT2D eigenvalue weighted by Crippen LogP contribution is -2.39. The molecular formula is C16H24N4O. The van der Waals surface area contributed by atoms with E-state index in [4.69, 9.17) is 0 Å². The fourth-order valence-corrected chi connectivity index (χ4v) is 3.31. The summed E-state index contributed by atoms with van der Waals surface area (Å²) in [4.78, 5) is 25.2. The number of anilines is 1. The molecule has 1 aromatic heterocycles. The third kappa shape index (κ3) is 3.71. The molecule has 0 atom stereocenters. The lowest BCUT2D eigenvalue weighted by Gasteiger charge is -2.33. The Hall–Kier alpha value is -1.65. The van der Waals surface area contributed by atoms with Gasteiger partial charge in [0.05, 0.1) is 0 Å². The van der Waals surface area contributed by atoms with E-state index in [1.165, 1.54) is 19.3 Å². The van der Waals surface area contributed by atoms with Gasteiger partial charge in [0, 0.05) is 45.0 Å². The first kappa shape index (κ1) is 14.3. The standard InChI is InChI=1S/C16H24N4O/c21-15(19-9-2-1-3-10-19)13-14-5-11-20(12-6-14)16-17-7-4-8-18-16/h4,7-8,14H,1-3,5-6,9-13H2. The third-order valence-corrected chi connectivity index (χ3v) is 4.62. The summed E-state index contributed by atoms with van der Waals surface area (Å²) in [6.07, 6.45) is 10.1. The molecule has 5 nitrogen and oxygen atoms in total. The highest BCUT2D eigenvalue weighted by Crippen LogP contribution is 2.24. The first-order chi connectivity index (χ1) is 10.3. The SMILES string of the molecule is O=C(CC1CCN(c2ncccn2)CC1)N1CCCCC1. The van der Waals surface area contributed by atoms with Gasteiger partial charge in [-0.3, -0.25) is 4.79 Å². The van der Waals surface area contributed by atoms with E-state index in [2.05, 4.69) is 19.8 Å². The van der Waals surface area contributed by atoms with Gasteiger partial charge in [0.2, 0.25) is 11.9 Å². The van der Waals surface area contributed by atoms with E-state index in [1.54, 1.807) is 12.4 Å². The van der Waals surface area contributed by atoms with Crippen molar-refractivity contribution >= 4 is 11.9 Å². The second-order valence-corrected chi connectivity index (χ2v) is 6.12. The highest BCUT2D eigenvalue weighted by molar-refractivity contribution is 5.76. The summed E-state index contributed by atoms with van der Waals surface area (Å²) in [7, 11) is 0. The minimum atomic E-state index is 0.365. The Kier molecular flexibility index (Phi) is 4.68. The number of hydrogen-bond acceptors (Lipinski definition) is 4. The number of aromatic nitrogens is 2. The highest BCUT2D eigenvalue weighted by Gasteiger charge is 2.25. The van der Waals surface area contributed by atoms with Crippen molar-refractivity contribution in [2.45, 2.75) is 38.5 Å². The van der Waals surface area contributed by atoms with E-state index in [-0.39, 0.29) is 0 Å². The van der Waals surface area contributed by atoms with Crippen molar-refractivity contribution in [1.82, 2.24) is 14.9 Å². The number of rotatable bonds is 3. The molecule has 5 heteroatoms. The molecule has 2 fully saturated rings. The van der Waals surface area contributed by atoms with Gasteiger partial charge in [0.15, 0.2) is 0 Å². The van der Waals surface area contributed by atoms with E-state index in [0.29, 0.717) is 11.8 Å². The number of hydrogen-bond donors (Lipinski definition) is 0. The number of carbonyl (C=O) groups excluding carboxylic acids is 1. The van der Waals surface area contributed by atoms with Crippen molar-refractivity contribution < 1.29 is 4.79 Å². The molecule has 0 aromatic carbocycles. The van der Waals surface area contributed by atoms with Crippen LogP contribution in [-0.2, 0) is 4.79 Å². The van der Waals surface area contributed by atoms with Crippen LogP contribution in [0.15, 0.2) is 18.5 Å². The number of carbonyl (C=O) groups is 1. The highest BCUT2D eigenvalue weighted by atomic mass is 16.2. The Labute approximate surface area is 126 Å². The molecule has 0 unspecified atom stereocenters. The van der Waals surface area contributed by atoms with Crippen LogP contribution in [0.25, 0.3) is 0 Å². The van der Waals surface area contributed by atoms with Crippen LogP contribution in [0.2, 0.25) is 0 Å². The molecule has 2 aliphatic rings. The fraction of sp³-hybridized carbons (Fsp3) is 0.688. The average Bonchev–Trinajstić information content (AvgIpc) is 2.57. The fourth-order valence-electron chi connectivity index (χ4n) is 3.31. The smallest absolute Gasteiger partial charge is 0.225 e. The van der Waals surface area contributed by atoms with Gasteiger partial charge in [0.1, 0.15) is 0 Å². The molecule has 0 bridgehead atoms. The van der Waals surface area contributed by atoms with Crippen molar-refractivity contribution in [3.63, 3.8) is 0 Å². The van der Waals surface area contributed by atoms with Crippen LogP contribution in [-0.4, -0.2) is 47.0 Å². The molecule has 1 aromatic rings. The van der Waals surface area contributed by atoms with Gasteiger partial charge >= 0.3 is 0 Å². The number of piperidine rings is 2. The van der Waals surface area contributed by atoms with Crippen molar-refractivity contribution in [2.24, 2.45) is 5.92 Å². The maximum Gasteiger partial charge on any atom is 0.225 e. The molecule has 2 aliphatic heterocycles. The largest absolute Gasteiger partial charge is 0.343 e. The van der Waals surface area contributed by atoms with Crippen LogP contribution >= 0.6 is 0 Å². The van der Waals surface area contributed by atoms with E-state index in [1.807, 2.05) is 6.07 Å². The summed E-state index contributed by atoms with van der Waals surface area (Å²) in [6.45, 7) is 3.86. The molecule has 0 aliphatic carbocycles. The lowest BCUT2D eigenvalue weighted by molar-refractivity contribution is -0.133. The number of nitrogens with zero attached hydrogens (tertiary/aromatic N) is 4. The predicted octanol–water partition coefficient (Wildman–Crippen LogP) is 2.10. The Balaban J connectivity index is 1.46. The molecule has 114 valence electrons. The monoisotopic (exact) mass is 288 g/mol. The molecular weight excluding hydrogens is 264 g/mol. The Morgan fingerprint density at radius 3 is 2.38 bits per heavy atom. The van der Waals surface area contributed by atoms with Gasteiger partial charge in [-0.2, -0.15) is 0 Å². The van der Waals surface area contributed by atoms with Crippen LogP contribution < -0.4 is 4.90 Å². The van der Waals surface area contributed by atoms with E-state index >= 15 is 0 Å². The average molecular weight is 288 g/mol. The van der Waals surface area contributed by atoms with E-state index < -0.39 is 0 Å². The Bertz CT molecular complexity index is 451. The van der Waals surface area contributed by atoms with Crippen molar-refractivity contribution in [1.29, 1.82) is 0 Å². The molecule has 2 saturated heterocycles. The van der Waals surface area contributed by atoms with Crippen LogP contribution in [0, 0.1) is 5.92 Å². The van der Waals surface area contributed by atoms with Gasteiger partial charge in [-0.15, -0.1) is 0 Å². The van der Waals surface area contributed by atoms with Crippen molar-refractivity contribution in [3.8, 4) is 0 Å². The first-order valence-corrected chi connectivity index (χ1v) is 8.12. The zero-order valence-electron chi connectivity index (χ0n) is 12.6. The molecule has 21 heavy (non-hydrogen) atoms. The Morgan fingerprint density at radius 1 is 1.05 bits per heavy atom. The van der Waals surface area contributed by atoms with Crippen molar-refractivity contribution in [2.75, 3.05) is 31.1 Å². The quantitative estimate of drug-likeness (QED) is 0.854. The number of amides is 1. The first-order valence-electron chi connectivity index (χ1n) is 8.12. The van der Waals surface area contributed by atoms with Crippen molar-refractivity contribution in [3.05, 3.63) is 18.5 Å². The third-order valence-electron chi connectivity index (χ3n) is 4.62. The molecule has 0 N–H and O–H groups in total. The summed E-state index contributed by atoms with van der Waals surface area (Å²) in [5.41, 5.74) is 0. The summed E-state index contributed by atoms with van der Waals surface area (Å²) in [5, 5.41) is 0. The van der Waals surface area contributed by atoms with Gasteiger partial charge < -0.3 is 9.80 Å². The lowest BCUT2D eigenvalue weighted by atomic mass is 9.93. The van der Waals surface area contributed by atoms with E-state index in [9.17, 15) is 4.79 Å². The van der Waals surface area contributed by atoms with Crippen LogP contribution in [0.3, 0.4) is 0 Å². The van der Waals surface area contributed by atoms with Crippen LogP contribution in [0.1, 0.15) is 38.5 Å². The molecule has 0 spiro atoms. The summed E-state index contributed by atoms with van der Waals surface area (Å²) in [5.74, 6) is 1.71. The maximum atomic E-state index is 12.3. The molecule has 0 radical (unpaired) electrons. The zero-order chi connectivity index (χ0) is 14.5. The van der Waals surface area contributed by atoms with Crippen LogP contribution in [0.4, 0.5) is 5.95 Å². The summed E-state index contributed by atoms with van der Waals surface area (Å²) < 4.78 is 0. The van der Waals surface area contributed by atoms with Gasteiger partial charge in [-0.05, 0) is 44.1 Å². The minimum absolute atomic E-state index is 0.365. The van der Waals surface area contributed by atoms with Gasteiger partial charge in [-0.1, -0.05) is 0 Å². The zero-order valence-corrected chi connectivity index (χ0v) is 12.6. The second-order valence-electron chi connectivity index (χ2n) is 6.12. The minimum Gasteiger partial charge on any atom is -0.343 e. The molecule has 1 amide bonds.